The lowest BCUT2D eigenvalue weighted by Gasteiger charge is -2.30. The van der Waals surface area contributed by atoms with Gasteiger partial charge in [-0.3, -0.25) is 9.48 Å². The molecule has 0 bridgehead atoms. The lowest BCUT2D eigenvalue weighted by atomic mass is 9.97. The highest BCUT2D eigenvalue weighted by Gasteiger charge is 2.32. The Kier molecular flexibility index (Phi) is 7.33. The van der Waals surface area contributed by atoms with E-state index in [1.165, 1.54) is 4.31 Å². The van der Waals surface area contributed by atoms with E-state index in [0.717, 1.165) is 17.0 Å². The molecule has 4 rings (SSSR count). The number of aromatic nitrogens is 2. The zero-order chi connectivity index (χ0) is 24.5. The van der Waals surface area contributed by atoms with Crippen molar-refractivity contribution in [2.75, 3.05) is 18.4 Å². The molecule has 0 spiro atoms. The summed E-state index contributed by atoms with van der Waals surface area (Å²) in [5.74, 6) is -0.378. The lowest BCUT2D eigenvalue weighted by Crippen LogP contribution is -2.41. The van der Waals surface area contributed by atoms with Gasteiger partial charge in [0.1, 0.15) is 0 Å². The SMILES string of the molecule is Cc1nn(Cc2ccc(Cl)c(Cl)c2)c(C)c1NC(=O)C1CCN(S(=O)(=O)c2ccccc2)CC1. The van der Waals surface area contributed by atoms with Gasteiger partial charge in [-0.25, -0.2) is 8.42 Å². The van der Waals surface area contributed by atoms with E-state index in [2.05, 4.69) is 10.4 Å². The molecule has 2 heterocycles. The van der Waals surface area contributed by atoms with Crippen LogP contribution in [0.3, 0.4) is 0 Å². The van der Waals surface area contributed by atoms with Gasteiger partial charge in [0.15, 0.2) is 0 Å². The molecule has 0 radical (unpaired) electrons. The molecule has 180 valence electrons. The van der Waals surface area contributed by atoms with Crippen LogP contribution in [0.5, 0.6) is 0 Å². The highest BCUT2D eigenvalue weighted by Crippen LogP contribution is 2.28. The standard InChI is InChI=1S/C24H26Cl2N4O3S/c1-16-23(17(2)30(28-16)15-18-8-9-21(25)22(26)14-18)27-24(31)19-10-12-29(13-11-19)34(32,33)20-6-4-3-5-7-20/h3-9,14,19H,10-13,15H2,1-2H3,(H,27,31). The number of carbonyl (C=O) groups excluding carboxylic acids is 1. The van der Waals surface area contributed by atoms with Crippen LogP contribution in [0.25, 0.3) is 0 Å². The number of anilines is 1. The van der Waals surface area contributed by atoms with Gasteiger partial charge in [-0.05, 0) is 56.5 Å². The second kappa shape index (κ2) is 10.1. The number of carbonyl (C=O) groups is 1. The molecule has 7 nitrogen and oxygen atoms in total. The number of piperidine rings is 1. The minimum Gasteiger partial charge on any atom is -0.323 e. The first-order valence-electron chi connectivity index (χ1n) is 11.0. The number of sulfonamides is 1. The number of halogens is 2. The molecule has 0 unspecified atom stereocenters. The van der Waals surface area contributed by atoms with Crippen LogP contribution in [0.1, 0.15) is 29.8 Å². The van der Waals surface area contributed by atoms with Gasteiger partial charge < -0.3 is 5.32 Å². The van der Waals surface area contributed by atoms with E-state index in [4.69, 9.17) is 23.2 Å². The van der Waals surface area contributed by atoms with Crippen molar-refractivity contribution < 1.29 is 13.2 Å². The normalized spacial score (nSPS) is 15.4. The molecule has 0 atom stereocenters. The topological polar surface area (TPSA) is 84.3 Å². The largest absolute Gasteiger partial charge is 0.323 e. The number of rotatable bonds is 6. The molecule has 0 saturated carbocycles. The van der Waals surface area contributed by atoms with Crippen LogP contribution in [0.15, 0.2) is 53.4 Å². The second-order valence-electron chi connectivity index (χ2n) is 8.43. The highest BCUT2D eigenvalue weighted by molar-refractivity contribution is 7.89. The third kappa shape index (κ3) is 5.15. The minimum absolute atomic E-state index is 0.114. The van der Waals surface area contributed by atoms with Crippen molar-refractivity contribution in [3.63, 3.8) is 0 Å². The van der Waals surface area contributed by atoms with Gasteiger partial charge in [-0.1, -0.05) is 47.5 Å². The Morgan fingerprint density at radius 1 is 1.06 bits per heavy atom. The smallest absolute Gasteiger partial charge is 0.243 e. The number of nitrogens with one attached hydrogen (secondary N) is 1. The second-order valence-corrected chi connectivity index (χ2v) is 11.2. The van der Waals surface area contributed by atoms with Crippen LogP contribution in [-0.2, 0) is 21.4 Å². The molecule has 2 aromatic carbocycles. The number of benzene rings is 2. The van der Waals surface area contributed by atoms with E-state index in [9.17, 15) is 13.2 Å². The van der Waals surface area contributed by atoms with Gasteiger partial charge in [-0.2, -0.15) is 9.40 Å². The number of amides is 1. The highest BCUT2D eigenvalue weighted by atomic mass is 35.5. The molecular weight excluding hydrogens is 495 g/mol. The van der Waals surface area contributed by atoms with E-state index in [-0.39, 0.29) is 16.7 Å². The van der Waals surface area contributed by atoms with Crippen molar-refractivity contribution in [3.8, 4) is 0 Å². The summed E-state index contributed by atoms with van der Waals surface area (Å²) in [6, 6.07) is 13.8. The maximum atomic E-state index is 13.0. The maximum absolute atomic E-state index is 13.0. The third-order valence-corrected chi connectivity index (χ3v) is 8.80. The summed E-state index contributed by atoms with van der Waals surface area (Å²) >= 11 is 12.1. The monoisotopic (exact) mass is 520 g/mol. The number of hydrogen-bond acceptors (Lipinski definition) is 4. The molecule has 1 amide bonds. The Balaban J connectivity index is 1.40. The van der Waals surface area contributed by atoms with Gasteiger partial charge in [0, 0.05) is 19.0 Å². The molecule has 0 aliphatic carbocycles. The molecular formula is C24H26Cl2N4O3S. The summed E-state index contributed by atoms with van der Waals surface area (Å²) in [4.78, 5) is 13.3. The van der Waals surface area contributed by atoms with Crippen LogP contribution in [0.4, 0.5) is 5.69 Å². The Morgan fingerprint density at radius 3 is 2.38 bits per heavy atom. The molecule has 3 aromatic rings. The van der Waals surface area contributed by atoms with Gasteiger partial charge >= 0.3 is 0 Å². The zero-order valence-electron chi connectivity index (χ0n) is 19.0. The molecule has 1 aliphatic heterocycles. The summed E-state index contributed by atoms with van der Waals surface area (Å²) < 4.78 is 28.9. The van der Waals surface area contributed by atoms with Gasteiger partial charge in [0.2, 0.25) is 15.9 Å². The summed E-state index contributed by atoms with van der Waals surface area (Å²) in [6.45, 7) is 4.87. The molecule has 1 N–H and O–H groups in total. The summed E-state index contributed by atoms with van der Waals surface area (Å²) in [5, 5.41) is 8.57. The number of hydrogen-bond donors (Lipinski definition) is 1. The van der Waals surface area contributed by atoms with Gasteiger partial charge in [0.05, 0.1) is 38.6 Å². The quantitative estimate of drug-likeness (QED) is 0.501. The molecule has 10 heteroatoms. The van der Waals surface area contributed by atoms with Crippen molar-refractivity contribution in [1.29, 1.82) is 0 Å². The maximum Gasteiger partial charge on any atom is 0.243 e. The van der Waals surface area contributed by atoms with Crippen LogP contribution >= 0.6 is 23.2 Å². The van der Waals surface area contributed by atoms with Crippen molar-refractivity contribution in [3.05, 3.63) is 75.5 Å². The molecule has 34 heavy (non-hydrogen) atoms. The fraction of sp³-hybridized carbons (Fsp3) is 0.333. The lowest BCUT2D eigenvalue weighted by molar-refractivity contribution is -0.120. The Labute approximate surface area is 209 Å². The van der Waals surface area contributed by atoms with E-state index < -0.39 is 10.0 Å². The first-order valence-corrected chi connectivity index (χ1v) is 13.2. The summed E-state index contributed by atoms with van der Waals surface area (Å²) in [6.07, 6.45) is 0.931. The molecule has 1 saturated heterocycles. The third-order valence-electron chi connectivity index (χ3n) is 6.15. The first kappa shape index (κ1) is 24.7. The summed E-state index contributed by atoms with van der Waals surface area (Å²) in [5.41, 5.74) is 3.19. The van der Waals surface area contributed by atoms with Gasteiger partial charge in [0.25, 0.3) is 0 Å². The summed E-state index contributed by atoms with van der Waals surface area (Å²) in [7, 11) is -3.55. The first-order chi connectivity index (χ1) is 16.2. The average Bonchev–Trinajstić information content (AvgIpc) is 3.09. The fourth-order valence-electron chi connectivity index (χ4n) is 4.17. The Bertz CT molecular complexity index is 1300. The van der Waals surface area contributed by atoms with Crippen molar-refractivity contribution in [2.24, 2.45) is 5.92 Å². The van der Waals surface area contributed by atoms with E-state index >= 15 is 0 Å². The van der Waals surface area contributed by atoms with E-state index in [1.807, 2.05) is 24.6 Å². The Morgan fingerprint density at radius 2 is 1.74 bits per heavy atom. The predicted molar refractivity (Wildman–Crippen MR) is 134 cm³/mol. The van der Waals surface area contributed by atoms with E-state index in [0.29, 0.717) is 48.2 Å². The van der Waals surface area contributed by atoms with Crippen molar-refractivity contribution in [1.82, 2.24) is 14.1 Å². The van der Waals surface area contributed by atoms with Gasteiger partial charge in [-0.15, -0.1) is 0 Å². The predicted octanol–water partition coefficient (Wildman–Crippen LogP) is 4.89. The van der Waals surface area contributed by atoms with Crippen LogP contribution in [-0.4, -0.2) is 41.5 Å². The van der Waals surface area contributed by atoms with Crippen LogP contribution < -0.4 is 5.32 Å². The van der Waals surface area contributed by atoms with E-state index in [1.54, 1.807) is 42.5 Å². The molecule has 1 aliphatic rings. The zero-order valence-corrected chi connectivity index (χ0v) is 21.3. The Hall–Kier alpha value is -2.39. The molecule has 1 aromatic heterocycles. The minimum atomic E-state index is -3.55. The van der Waals surface area contributed by atoms with Crippen LogP contribution in [0, 0.1) is 19.8 Å². The molecule has 1 fully saturated rings. The average molecular weight is 521 g/mol. The number of nitrogens with zero attached hydrogens (tertiary/aromatic N) is 3. The van der Waals surface area contributed by atoms with Crippen LogP contribution in [0.2, 0.25) is 10.0 Å². The fourth-order valence-corrected chi connectivity index (χ4v) is 5.98. The van der Waals surface area contributed by atoms with Crippen molar-refractivity contribution >= 4 is 44.8 Å². The number of aryl methyl sites for hydroxylation is 1. The van der Waals surface area contributed by atoms with Crippen molar-refractivity contribution in [2.45, 2.75) is 38.1 Å².